The second-order valence-electron chi connectivity index (χ2n) is 2.86. The molecule has 0 saturated carbocycles. The van der Waals surface area contributed by atoms with Gasteiger partial charge in [-0.15, -0.1) is 0 Å². The van der Waals surface area contributed by atoms with E-state index in [9.17, 15) is 9.50 Å². The lowest BCUT2D eigenvalue weighted by atomic mass is 10.0. The number of hydrogen-bond donors (Lipinski definition) is 2. The van der Waals surface area contributed by atoms with Crippen molar-refractivity contribution in [1.82, 2.24) is 0 Å². The van der Waals surface area contributed by atoms with Crippen molar-refractivity contribution in [3.63, 3.8) is 0 Å². The molecule has 0 aliphatic heterocycles. The molecular weight excluding hydrogens is 157 g/mol. The van der Waals surface area contributed by atoms with Crippen LogP contribution in [0.5, 0.6) is 0 Å². The van der Waals surface area contributed by atoms with Gasteiger partial charge in [0.05, 0.1) is 6.10 Å². The van der Waals surface area contributed by atoms with E-state index in [1.54, 1.807) is 19.1 Å². The van der Waals surface area contributed by atoms with Crippen LogP contribution in [0.25, 0.3) is 0 Å². The minimum atomic E-state index is -0.791. The number of hydrogen-bond acceptors (Lipinski definition) is 2. The Hall–Kier alpha value is -0.930. The summed E-state index contributed by atoms with van der Waals surface area (Å²) in [5.74, 6) is -0.354. The summed E-state index contributed by atoms with van der Waals surface area (Å²) in [4.78, 5) is 0. The van der Waals surface area contributed by atoms with Crippen LogP contribution >= 0.6 is 0 Å². The number of aliphatic hydroxyl groups excluding tert-OH is 1. The van der Waals surface area contributed by atoms with Gasteiger partial charge in [-0.05, 0) is 24.6 Å². The first-order valence-electron chi connectivity index (χ1n) is 3.80. The van der Waals surface area contributed by atoms with Crippen LogP contribution in [0, 0.1) is 5.82 Å². The third-order valence-corrected chi connectivity index (χ3v) is 1.69. The number of rotatable bonds is 2. The van der Waals surface area contributed by atoms with Gasteiger partial charge in [0.2, 0.25) is 0 Å². The van der Waals surface area contributed by atoms with Crippen LogP contribution in [0.2, 0.25) is 0 Å². The third-order valence-electron chi connectivity index (χ3n) is 1.69. The summed E-state index contributed by atoms with van der Waals surface area (Å²) >= 11 is 0. The molecular formula is C9H12FNO. The second kappa shape index (κ2) is 3.65. The number of nitrogens with two attached hydrogens (primary N) is 1. The van der Waals surface area contributed by atoms with Crippen molar-refractivity contribution in [3.8, 4) is 0 Å². The molecule has 0 saturated heterocycles. The molecule has 66 valence electrons. The van der Waals surface area contributed by atoms with E-state index < -0.39 is 6.10 Å². The van der Waals surface area contributed by atoms with Crippen molar-refractivity contribution in [2.75, 3.05) is 0 Å². The molecule has 12 heavy (non-hydrogen) atoms. The van der Waals surface area contributed by atoms with E-state index in [0.717, 1.165) is 0 Å². The Morgan fingerprint density at radius 1 is 1.50 bits per heavy atom. The Morgan fingerprint density at radius 2 is 2.17 bits per heavy atom. The molecule has 2 nitrogen and oxygen atoms in total. The van der Waals surface area contributed by atoms with Crippen molar-refractivity contribution >= 4 is 0 Å². The smallest absolute Gasteiger partial charge is 0.123 e. The number of aliphatic hydroxyl groups is 1. The van der Waals surface area contributed by atoms with E-state index in [1.807, 2.05) is 0 Å². The van der Waals surface area contributed by atoms with E-state index in [-0.39, 0.29) is 11.9 Å². The van der Waals surface area contributed by atoms with Crippen LogP contribution in [-0.4, -0.2) is 11.1 Å². The quantitative estimate of drug-likeness (QED) is 0.699. The topological polar surface area (TPSA) is 46.2 Å². The summed E-state index contributed by atoms with van der Waals surface area (Å²) < 4.78 is 12.6. The normalized spacial score (nSPS) is 15.7. The predicted octanol–water partition coefficient (Wildman–Crippen LogP) is 1.21. The van der Waals surface area contributed by atoms with Gasteiger partial charge in [-0.1, -0.05) is 12.1 Å². The Balaban J connectivity index is 2.88. The fourth-order valence-corrected chi connectivity index (χ4v) is 0.994. The van der Waals surface area contributed by atoms with Crippen molar-refractivity contribution in [3.05, 3.63) is 35.6 Å². The van der Waals surface area contributed by atoms with Gasteiger partial charge in [-0.3, -0.25) is 0 Å². The van der Waals surface area contributed by atoms with Crippen LogP contribution in [0.15, 0.2) is 24.3 Å². The van der Waals surface area contributed by atoms with Gasteiger partial charge >= 0.3 is 0 Å². The van der Waals surface area contributed by atoms with Crippen LogP contribution in [0.3, 0.4) is 0 Å². The monoisotopic (exact) mass is 169 g/mol. The lowest BCUT2D eigenvalue weighted by Gasteiger charge is -2.14. The van der Waals surface area contributed by atoms with Gasteiger partial charge in [0.1, 0.15) is 5.82 Å². The minimum absolute atomic E-state index is 0.354. The maximum absolute atomic E-state index is 12.6. The van der Waals surface area contributed by atoms with Gasteiger partial charge in [0, 0.05) is 6.04 Å². The molecule has 0 fully saturated rings. The van der Waals surface area contributed by atoms with Crippen LogP contribution in [-0.2, 0) is 0 Å². The Bertz CT molecular complexity index is 262. The standard InChI is InChI=1S/C9H12FNO/c1-6(11)9(12)7-3-2-4-8(10)5-7/h2-6,9,12H,11H2,1H3/t6-,9+/m1/s1. The first-order valence-corrected chi connectivity index (χ1v) is 3.80. The Labute approximate surface area is 70.8 Å². The molecule has 2 atom stereocenters. The van der Waals surface area contributed by atoms with Gasteiger partial charge in [0.15, 0.2) is 0 Å². The highest BCUT2D eigenvalue weighted by molar-refractivity contribution is 5.19. The number of halogens is 1. The fourth-order valence-electron chi connectivity index (χ4n) is 0.994. The Morgan fingerprint density at radius 3 is 2.67 bits per heavy atom. The molecule has 0 aromatic heterocycles. The van der Waals surface area contributed by atoms with Gasteiger partial charge < -0.3 is 10.8 Å². The van der Waals surface area contributed by atoms with E-state index in [2.05, 4.69) is 0 Å². The highest BCUT2D eigenvalue weighted by Crippen LogP contribution is 2.15. The zero-order chi connectivity index (χ0) is 9.14. The average Bonchev–Trinajstić information content (AvgIpc) is 2.03. The lowest BCUT2D eigenvalue weighted by molar-refractivity contribution is 0.153. The molecule has 3 heteroatoms. The minimum Gasteiger partial charge on any atom is -0.387 e. The van der Waals surface area contributed by atoms with Gasteiger partial charge in [-0.2, -0.15) is 0 Å². The molecule has 1 aromatic rings. The van der Waals surface area contributed by atoms with Crippen molar-refractivity contribution in [2.24, 2.45) is 5.73 Å². The maximum Gasteiger partial charge on any atom is 0.123 e. The summed E-state index contributed by atoms with van der Waals surface area (Å²) in [6.45, 7) is 1.68. The summed E-state index contributed by atoms with van der Waals surface area (Å²) in [7, 11) is 0. The van der Waals surface area contributed by atoms with Gasteiger partial charge in [0.25, 0.3) is 0 Å². The van der Waals surface area contributed by atoms with Crippen molar-refractivity contribution < 1.29 is 9.50 Å². The lowest BCUT2D eigenvalue weighted by Crippen LogP contribution is -2.24. The molecule has 0 aliphatic rings. The molecule has 0 amide bonds. The zero-order valence-corrected chi connectivity index (χ0v) is 6.87. The second-order valence-corrected chi connectivity index (χ2v) is 2.86. The third kappa shape index (κ3) is 2.03. The van der Waals surface area contributed by atoms with E-state index in [0.29, 0.717) is 5.56 Å². The number of benzene rings is 1. The van der Waals surface area contributed by atoms with E-state index >= 15 is 0 Å². The first kappa shape index (κ1) is 9.16. The fraction of sp³-hybridized carbons (Fsp3) is 0.333. The summed E-state index contributed by atoms with van der Waals surface area (Å²) in [5.41, 5.74) is 5.96. The SMILES string of the molecule is C[C@@H](N)[C@H](O)c1cccc(F)c1. The zero-order valence-electron chi connectivity index (χ0n) is 6.87. The van der Waals surface area contributed by atoms with Crippen LogP contribution in [0.4, 0.5) is 4.39 Å². The molecule has 3 N–H and O–H groups in total. The van der Waals surface area contributed by atoms with E-state index in [4.69, 9.17) is 5.73 Å². The molecule has 0 radical (unpaired) electrons. The van der Waals surface area contributed by atoms with Crippen LogP contribution < -0.4 is 5.73 Å². The molecule has 1 aromatic carbocycles. The van der Waals surface area contributed by atoms with Crippen molar-refractivity contribution in [2.45, 2.75) is 19.1 Å². The molecule has 0 aliphatic carbocycles. The maximum atomic E-state index is 12.6. The molecule has 0 unspecified atom stereocenters. The molecule has 0 spiro atoms. The highest BCUT2D eigenvalue weighted by Gasteiger charge is 2.11. The molecule has 0 bridgehead atoms. The molecule has 0 heterocycles. The van der Waals surface area contributed by atoms with E-state index in [1.165, 1.54) is 12.1 Å². The predicted molar refractivity (Wildman–Crippen MR) is 45.0 cm³/mol. The highest BCUT2D eigenvalue weighted by atomic mass is 19.1. The summed E-state index contributed by atoms with van der Waals surface area (Å²) in [6.07, 6.45) is -0.791. The largest absolute Gasteiger partial charge is 0.387 e. The van der Waals surface area contributed by atoms with Crippen LogP contribution in [0.1, 0.15) is 18.6 Å². The Kier molecular flexibility index (Phi) is 2.78. The molecule has 1 rings (SSSR count). The summed E-state index contributed by atoms with van der Waals surface area (Å²) in [6, 6.07) is 5.44. The van der Waals surface area contributed by atoms with Gasteiger partial charge in [-0.25, -0.2) is 4.39 Å². The average molecular weight is 169 g/mol. The summed E-state index contributed by atoms with van der Waals surface area (Å²) in [5, 5.41) is 9.43. The van der Waals surface area contributed by atoms with Crippen molar-refractivity contribution in [1.29, 1.82) is 0 Å². The first-order chi connectivity index (χ1) is 5.61.